The summed E-state index contributed by atoms with van der Waals surface area (Å²) >= 11 is 0. The Morgan fingerprint density at radius 2 is 1.63 bits per heavy atom. The van der Waals surface area contributed by atoms with E-state index < -0.39 is 5.82 Å². The first-order valence-corrected chi connectivity index (χ1v) is 9.13. The fourth-order valence-corrected chi connectivity index (χ4v) is 3.39. The fourth-order valence-electron chi connectivity index (χ4n) is 3.39. The number of amides is 2. The van der Waals surface area contributed by atoms with Crippen LogP contribution in [0.2, 0.25) is 0 Å². The molecule has 4 nitrogen and oxygen atoms in total. The SMILES string of the molecule is O=C(NCCCC(=O)N1CCCC1c1ccc(F)cc1)c1ccc(F)cc1. The van der Waals surface area contributed by atoms with Crippen molar-refractivity contribution >= 4 is 11.8 Å². The molecule has 1 N–H and O–H groups in total. The number of hydrogen-bond donors (Lipinski definition) is 1. The molecule has 3 rings (SSSR count). The van der Waals surface area contributed by atoms with Gasteiger partial charge < -0.3 is 10.2 Å². The Morgan fingerprint density at radius 1 is 1.00 bits per heavy atom. The Balaban J connectivity index is 1.46. The number of likely N-dealkylation sites (tertiary alicyclic amines) is 1. The molecule has 27 heavy (non-hydrogen) atoms. The van der Waals surface area contributed by atoms with E-state index in [1.165, 1.54) is 36.4 Å². The van der Waals surface area contributed by atoms with Crippen molar-refractivity contribution in [1.82, 2.24) is 10.2 Å². The van der Waals surface area contributed by atoms with E-state index in [2.05, 4.69) is 5.32 Å². The standard InChI is InChI=1S/C21H22F2N2O2/c22-17-9-5-15(6-10-17)19-3-2-14-25(19)20(26)4-1-13-24-21(27)16-7-11-18(23)12-8-16/h5-12,19H,1-4,13-14H2,(H,24,27). The molecule has 0 radical (unpaired) electrons. The van der Waals surface area contributed by atoms with Crippen molar-refractivity contribution in [3.8, 4) is 0 Å². The van der Waals surface area contributed by atoms with E-state index in [1.807, 2.05) is 4.90 Å². The van der Waals surface area contributed by atoms with Crippen LogP contribution in [0, 0.1) is 11.6 Å². The second-order valence-corrected chi connectivity index (χ2v) is 6.66. The van der Waals surface area contributed by atoms with Gasteiger partial charge in [-0.15, -0.1) is 0 Å². The number of hydrogen-bond acceptors (Lipinski definition) is 2. The summed E-state index contributed by atoms with van der Waals surface area (Å²) in [5.41, 5.74) is 1.34. The number of carbonyl (C=O) groups excluding carboxylic acids is 2. The fraction of sp³-hybridized carbons (Fsp3) is 0.333. The van der Waals surface area contributed by atoms with E-state index in [4.69, 9.17) is 0 Å². The summed E-state index contributed by atoms with van der Waals surface area (Å²) in [6, 6.07) is 11.6. The molecule has 1 fully saturated rings. The molecule has 0 bridgehead atoms. The van der Waals surface area contributed by atoms with Crippen LogP contribution in [-0.4, -0.2) is 29.8 Å². The molecular weight excluding hydrogens is 350 g/mol. The van der Waals surface area contributed by atoms with Crippen LogP contribution in [0.1, 0.15) is 47.6 Å². The lowest BCUT2D eigenvalue weighted by Gasteiger charge is -2.25. The molecule has 142 valence electrons. The van der Waals surface area contributed by atoms with Crippen LogP contribution in [0.4, 0.5) is 8.78 Å². The van der Waals surface area contributed by atoms with Crippen molar-refractivity contribution in [3.05, 3.63) is 71.3 Å². The molecule has 0 aromatic heterocycles. The second kappa shape index (κ2) is 8.75. The summed E-state index contributed by atoms with van der Waals surface area (Å²) in [5.74, 6) is -0.921. The third-order valence-electron chi connectivity index (χ3n) is 4.79. The summed E-state index contributed by atoms with van der Waals surface area (Å²) in [4.78, 5) is 26.3. The van der Waals surface area contributed by atoms with Gasteiger partial charge in [0.05, 0.1) is 6.04 Å². The van der Waals surface area contributed by atoms with Gasteiger partial charge in [0.2, 0.25) is 5.91 Å². The van der Waals surface area contributed by atoms with Gasteiger partial charge in [0.15, 0.2) is 0 Å². The zero-order valence-electron chi connectivity index (χ0n) is 15.0. The number of halogens is 2. The van der Waals surface area contributed by atoms with E-state index in [-0.39, 0.29) is 23.7 Å². The summed E-state index contributed by atoms with van der Waals surface area (Å²) < 4.78 is 26.0. The average molecular weight is 372 g/mol. The minimum atomic E-state index is -0.390. The van der Waals surface area contributed by atoms with Gasteiger partial charge >= 0.3 is 0 Å². The molecular formula is C21H22F2N2O2. The van der Waals surface area contributed by atoms with Crippen molar-refractivity contribution < 1.29 is 18.4 Å². The first kappa shape index (κ1) is 19.0. The largest absolute Gasteiger partial charge is 0.352 e. The Bertz CT molecular complexity index is 791. The van der Waals surface area contributed by atoms with Gasteiger partial charge in [0.25, 0.3) is 5.91 Å². The number of rotatable bonds is 6. The molecule has 2 aromatic rings. The lowest BCUT2D eigenvalue weighted by Crippen LogP contribution is -2.31. The smallest absolute Gasteiger partial charge is 0.251 e. The molecule has 1 unspecified atom stereocenters. The molecule has 1 aliphatic heterocycles. The Labute approximate surface area is 157 Å². The number of nitrogens with zero attached hydrogens (tertiary/aromatic N) is 1. The summed E-state index contributed by atoms with van der Waals surface area (Å²) in [6.07, 6.45) is 2.66. The quantitative estimate of drug-likeness (QED) is 0.784. The highest BCUT2D eigenvalue weighted by Crippen LogP contribution is 2.32. The van der Waals surface area contributed by atoms with Crippen molar-refractivity contribution in [2.45, 2.75) is 31.7 Å². The van der Waals surface area contributed by atoms with Crippen molar-refractivity contribution in [2.24, 2.45) is 0 Å². The molecule has 0 spiro atoms. The third kappa shape index (κ3) is 4.90. The van der Waals surface area contributed by atoms with E-state index in [9.17, 15) is 18.4 Å². The van der Waals surface area contributed by atoms with Crippen molar-refractivity contribution in [1.29, 1.82) is 0 Å². The third-order valence-corrected chi connectivity index (χ3v) is 4.79. The predicted octanol–water partition coefficient (Wildman–Crippen LogP) is 3.84. The first-order chi connectivity index (χ1) is 13.0. The molecule has 1 saturated heterocycles. The first-order valence-electron chi connectivity index (χ1n) is 9.13. The molecule has 2 aromatic carbocycles. The van der Waals surface area contributed by atoms with Crippen LogP contribution in [0.15, 0.2) is 48.5 Å². The van der Waals surface area contributed by atoms with Gasteiger partial charge in [-0.2, -0.15) is 0 Å². The summed E-state index contributed by atoms with van der Waals surface area (Å²) in [5, 5.41) is 2.74. The Morgan fingerprint density at radius 3 is 2.30 bits per heavy atom. The maximum absolute atomic E-state index is 13.1. The maximum atomic E-state index is 13.1. The summed E-state index contributed by atoms with van der Waals surface area (Å²) in [7, 11) is 0. The van der Waals surface area contributed by atoms with Crippen LogP contribution in [0.3, 0.4) is 0 Å². The van der Waals surface area contributed by atoms with Crippen molar-refractivity contribution in [2.75, 3.05) is 13.1 Å². The Kier molecular flexibility index (Phi) is 6.16. The minimum absolute atomic E-state index is 0.00749. The Hall–Kier alpha value is -2.76. The van der Waals surface area contributed by atoms with Gasteiger partial charge in [-0.1, -0.05) is 12.1 Å². The monoisotopic (exact) mass is 372 g/mol. The zero-order chi connectivity index (χ0) is 19.2. The van der Waals surface area contributed by atoms with Gasteiger partial charge in [-0.3, -0.25) is 9.59 Å². The minimum Gasteiger partial charge on any atom is -0.352 e. The van der Waals surface area contributed by atoms with E-state index >= 15 is 0 Å². The van der Waals surface area contributed by atoms with E-state index in [0.717, 1.165) is 18.4 Å². The molecule has 0 aliphatic carbocycles. The van der Waals surface area contributed by atoms with Crippen LogP contribution < -0.4 is 5.32 Å². The average Bonchev–Trinajstić information content (AvgIpc) is 3.16. The van der Waals surface area contributed by atoms with Crippen LogP contribution in [0.25, 0.3) is 0 Å². The van der Waals surface area contributed by atoms with Crippen LogP contribution in [-0.2, 0) is 4.79 Å². The zero-order valence-corrected chi connectivity index (χ0v) is 15.0. The lowest BCUT2D eigenvalue weighted by atomic mass is 10.0. The lowest BCUT2D eigenvalue weighted by molar-refractivity contribution is -0.132. The number of carbonyl (C=O) groups is 2. The molecule has 1 aliphatic rings. The highest BCUT2D eigenvalue weighted by molar-refractivity contribution is 5.94. The molecule has 1 atom stereocenters. The number of benzene rings is 2. The number of nitrogens with one attached hydrogen (secondary N) is 1. The molecule has 2 amide bonds. The second-order valence-electron chi connectivity index (χ2n) is 6.66. The van der Waals surface area contributed by atoms with Gasteiger partial charge in [0.1, 0.15) is 11.6 Å². The van der Waals surface area contributed by atoms with Crippen molar-refractivity contribution in [3.63, 3.8) is 0 Å². The highest BCUT2D eigenvalue weighted by Gasteiger charge is 2.29. The molecule has 6 heteroatoms. The van der Waals surface area contributed by atoms with Crippen LogP contribution in [0.5, 0.6) is 0 Å². The van der Waals surface area contributed by atoms with Gasteiger partial charge in [0, 0.05) is 25.1 Å². The maximum Gasteiger partial charge on any atom is 0.251 e. The normalized spacial score (nSPS) is 16.4. The van der Waals surface area contributed by atoms with E-state index in [0.29, 0.717) is 31.5 Å². The molecule has 1 heterocycles. The predicted molar refractivity (Wildman–Crippen MR) is 98.1 cm³/mol. The summed E-state index contributed by atoms with van der Waals surface area (Å²) in [6.45, 7) is 1.07. The van der Waals surface area contributed by atoms with Crippen LogP contribution >= 0.6 is 0 Å². The van der Waals surface area contributed by atoms with Gasteiger partial charge in [-0.05, 0) is 61.2 Å². The topological polar surface area (TPSA) is 49.4 Å². The molecule has 0 saturated carbocycles. The highest BCUT2D eigenvalue weighted by atomic mass is 19.1. The van der Waals surface area contributed by atoms with Gasteiger partial charge in [-0.25, -0.2) is 8.78 Å². The van der Waals surface area contributed by atoms with E-state index in [1.54, 1.807) is 12.1 Å².